The van der Waals surface area contributed by atoms with E-state index in [-0.39, 0.29) is 5.41 Å². The normalized spacial score (nSPS) is 19.4. The van der Waals surface area contributed by atoms with Crippen LogP contribution in [0.5, 0.6) is 0 Å². The Morgan fingerprint density at radius 1 is 1.16 bits per heavy atom. The summed E-state index contributed by atoms with van der Waals surface area (Å²) >= 11 is 0. The molecule has 0 unspecified atom stereocenters. The van der Waals surface area contributed by atoms with Crippen LogP contribution in [-0.2, 0) is 16.3 Å². The van der Waals surface area contributed by atoms with Crippen LogP contribution in [0.3, 0.4) is 0 Å². The molecule has 1 fully saturated rings. The summed E-state index contributed by atoms with van der Waals surface area (Å²) in [7, 11) is 1.62. The topological polar surface area (TPSA) is 9.23 Å². The lowest BCUT2D eigenvalue weighted by Crippen LogP contribution is -2.34. The minimum absolute atomic E-state index is 0.242. The molecule has 106 valence electrons. The van der Waals surface area contributed by atoms with Gasteiger partial charge in [0.1, 0.15) is 0 Å². The second-order valence-corrected chi connectivity index (χ2v) is 5.35. The van der Waals surface area contributed by atoms with E-state index < -0.39 is 11.7 Å². The van der Waals surface area contributed by atoms with E-state index in [0.29, 0.717) is 6.61 Å². The molecule has 1 aromatic rings. The Morgan fingerprint density at radius 3 is 2.42 bits per heavy atom. The monoisotopic (exact) mass is 272 g/mol. The largest absolute Gasteiger partial charge is 0.416 e. The average molecular weight is 272 g/mol. The molecule has 1 aliphatic rings. The van der Waals surface area contributed by atoms with Gasteiger partial charge in [0.25, 0.3) is 0 Å². The summed E-state index contributed by atoms with van der Waals surface area (Å²) in [4.78, 5) is 0. The van der Waals surface area contributed by atoms with E-state index in [1.807, 2.05) is 0 Å². The van der Waals surface area contributed by atoms with E-state index in [9.17, 15) is 13.2 Å². The van der Waals surface area contributed by atoms with Crippen LogP contribution < -0.4 is 0 Å². The minimum atomic E-state index is -4.28. The van der Waals surface area contributed by atoms with Crippen molar-refractivity contribution in [3.63, 3.8) is 0 Å². The zero-order chi connectivity index (χ0) is 13.9. The summed E-state index contributed by atoms with van der Waals surface area (Å²) < 4.78 is 43.7. The molecule has 0 radical (unpaired) electrons. The maximum Gasteiger partial charge on any atom is 0.416 e. The van der Waals surface area contributed by atoms with Crippen molar-refractivity contribution >= 4 is 0 Å². The Bertz CT molecular complexity index is 414. The molecule has 4 heteroatoms. The van der Waals surface area contributed by atoms with E-state index in [0.717, 1.165) is 43.7 Å². The van der Waals surface area contributed by atoms with Crippen molar-refractivity contribution in [2.24, 2.45) is 0 Å². The number of halogens is 3. The van der Waals surface area contributed by atoms with Gasteiger partial charge >= 0.3 is 6.18 Å². The maximum absolute atomic E-state index is 12.8. The van der Waals surface area contributed by atoms with Crippen molar-refractivity contribution in [2.45, 2.75) is 43.7 Å². The molecule has 1 saturated carbocycles. The van der Waals surface area contributed by atoms with Gasteiger partial charge in [-0.2, -0.15) is 13.2 Å². The van der Waals surface area contributed by atoms with Crippen molar-refractivity contribution in [1.82, 2.24) is 0 Å². The van der Waals surface area contributed by atoms with E-state index >= 15 is 0 Å². The lowest BCUT2D eigenvalue weighted by atomic mass is 9.69. The van der Waals surface area contributed by atoms with Gasteiger partial charge in [0, 0.05) is 12.5 Å². The molecular formula is C15H19F3O. The van der Waals surface area contributed by atoms with Gasteiger partial charge in [-0.1, -0.05) is 37.5 Å². The van der Waals surface area contributed by atoms with Gasteiger partial charge in [-0.15, -0.1) is 0 Å². The number of benzene rings is 1. The molecular weight excluding hydrogens is 253 g/mol. The quantitative estimate of drug-likeness (QED) is 0.784. The smallest absolute Gasteiger partial charge is 0.384 e. The summed E-state index contributed by atoms with van der Waals surface area (Å²) in [6.45, 7) is 0.494. The molecule has 0 bridgehead atoms. The third kappa shape index (κ3) is 3.11. The molecule has 19 heavy (non-hydrogen) atoms. The second-order valence-electron chi connectivity index (χ2n) is 5.35. The van der Waals surface area contributed by atoms with E-state index in [2.05, 4.69) is 0 Å². The fraction of sp³-hybridized carbons (Fsp3) is 0.600. The summed E-state index contributed by atoms with van der Waals surface area (Å²) in [6.07, 6.45) is 0.798. The predicted octanol–water partition coefficient (Wildman–Crippen LogP) is 4.55. The van der Waals surface area contributed by atoms with Crippen LogP contribution in [0.1, 0.15) is 43.2 Å². The summed E-state index contributed by atoms with van der Waals surface area (Å²) in [5, 5.41) is 0. The van der Waals surface area contributed by atoms with Gasteiger partial charge in [-0.25, -0.2) is 0 Å². The first-order valence-corrected chi connectivity index (χ1v) is 6.65. The highest BCUT2D eigenvalue weighted by molar-refractivity contribution is 5.32. The number of hydrogen-bond acceptors (Lipinski definition) is 1. The Balaban J connectivity index is 2.36. The molecule has 1 aromatic carbocycles. The molecule has 1 nitrogen and oxygen atoms in total. The van der Waals surface area contributed by atoms with Crippen molar-refractivity contribution in [3.8, 4) is 0 Å². The van der Waals surface area contributed by atoms with Crippen molar-refractivity contribution in [2.75, 3.05) is 13.7 Å². The molecule has 0 N–H and O–H groups in total. The molecule has 2 rings (SSSR count). The van der Waals surface area contributed by atoms with Gasteiger partial charge in [0.15, 0.2) is 0 Å². The van der Waals surface area contributed by atoms with E-state index in [4.69, 9.17) is 4.74 Å². The zero-order valence-corrected chi connectivity index (χ0v) is 11.1. The standard InChI is InChI=1S/C15H19F3O/c1-19-11-14(8-3-2-4-9-14)12-6-5-7-13(10-12)15(16,17)18/h5-7,10H,2-4,8-9,11H2,1H3. The van der Waals surface area contributed by atoms with Crippen molar-refractivity contribution < 1.29 is 17.9 Å². The summed E-state index contributed by atoms with van der Waals surface area (Å²) in [5.74, 6) is 0. The molecule has 0 spiro atoms. The fourth-order valence-corrected chi connectivity index (χ4v) is 3.05. The molecule has 0 heterocycles. The SMILES string of the molecule is COCC1(c2cccc(C(F)(F)F)c2)CCCCC1. The van der Waals surface area contributed by atoms with E-state index in [1.54, 1.807) is 13.2 Å². The second kappa shape index (κ2) is 5.53. The van der Waals surface area contributed by atoms with Gasteiger partial charge in [-0.05, 0) is 24.5 Å². The number of ether oxygens (including phenoxy) is 1. The maximum atomic E-state index is 12.8. The molecule has 0 saturated heterocycles. The molecule has 1 aliphatic carbocycles. The highest BCUT2D eigenvalue weighted by Crippen LogP contribution is 2.41. The minimum Gasteiger partial charge on any atom is -0.384 e. The molecule has 0 amide bonds. The van der Waals surface area contributed by atoms with Crippen molar-refractivity contribution in [3.05, 3.63) is 35.4 Å². The van der Waals surface area contributed by atoms with Crippen LogP contribution in [-0.4, -0.2) is 13.7 Å². The Hall–Kier alpha value is -1.03. The predicted molar refractivity (Wildman–Crippen MR) is 68.1 cm³/mol. The van der Waals surface area contributed by atoms with Gasteiger partial charge in [0.05, 0.1) is 12.2 Å². The van der Waals surface area contributed by atoms with Crippen LogP contribution in [0.15, 0.2) is 24.3 Å². The summed E-state index contributed by atoms with van der Waals surface area (Å²) in [6, 6.07) is 5.74. The highest BCUT2D eigenvalue weighted by Gasteiger charge is 2.36. The van der Waals surface area contributed by atoms with Gasteiger partial charge in [-0.3, -0.25) is 0 Å². The van der Waals surface area contributed by atoms with Crippen LogP contribution in [0.25, 0.3) is 0 Å². The lowest BCUT2D eigenvalue weighted by Gasteiger charge is -2.37. The van der Waals surface area contributed by atoms with Crippen LogP contribution in [0.2, 0.25) is 0 Å². The molecule has 0 aliphatic heterocycles. The van der Waals surface area contributed by atoms with Crippen molar-refractivity contribution in [1.29, 1.82) is 0 Å². The third-order valence-electron chi connectivity index (χ3n) is 4.03. The highest BCUT2D eigenvalue weighted by atomic mass is 19.4. The number of hydrogen-bond donors (Lipinski definition) is 0. The first kappa shape index (κ1) is 14.4. The van der Waals surface area contributed by atoms with Gasteiger partial charge in [0.2, 0.25) is 0 Å². The first-order valence-electron chi connectivity index (χ1n) is 6.65. The Kier molecular flexibility index (Phi) is 4.19. The van der Waals surface area contributed by atoms with Gasteiger partial charge < -0.3 is 4.74 Å². The average Bonchev–Trinajstić information content (AvgIpc) is 2.39. The Labute approximate surface area is 111 Å². The zero-order valence-electron chi connectivity index (χ0n) is 11.1. The fourth-order valence-electron chi connectivity index (χ4n) is 3.05. The van der Waals surface area contributed by atoms with E-state index in [1.165, 1.54) is 12.1 Å². The number of rotatable bonds is 3. The lowest BCUT2D eigenvalue weighted by molar-refractivity contribution is -0.137. The van der Waals surface area contributed by atoms with Crippen LogP contribution in [0, 0.1) is 0 Å². The summed E-state index contributed by atoms with van der Waals surface area (Å²) in [5.41, 5.74) is -0.0382. The Morgan fingerprint density at radius 2 is 1.84 bits per heavy atom. The van der Waals surface area contributed by atoms with Crippen LogP contribution >= 0.6 is 0 Å². The molecule has 0 atom stereocenters. The number of methoxy groups -OCH3 is 1. The van der Waals surface area contributed by atoms with Crippen LogP contribution in [0.4, 0.5) is 13.2 Å². The first-order chi connectivity index (χ1) is 8.98. The number of alkyl halides is 3. The third-order valence-corrected chi connectivity index (χ3v) is 4.03. The molecule has 0 aromatic heterocycles.